The van der Waals surface area contributed by atoms with Crippen LogP contribution in [0.5, 0.6) is 0 Å². The Morgan fingerprint density at radius 1 is 1.43 bits per heavy atom. The van der Waals surface area contributed by atoms with E-state index in [0.29, 0.717) is 6.07 Å². The lowest BCUT2D eigenvalue weighted by Crippen LogP contribution is -2.10. The van der Waals surface area contributed by atoms with Crippen LogP contribution in [0.15, 0.2) is 24.4 Å². The van der Waals surface area contributed by atoms with Gasteiger partial charge in [0, 0.05) is 17.1 Å². The van der Waals surface area contributed by atoms with Gasteiger partial charge in [-0.2, -0.15) is 13.2 Å². The fourth-order valence-electron chi connectivity index (χ4n) is 1.96. The quantitative estimate of drug-likeness (QED) is 0.624. The number of halogens is 3. The molecule has 0 spiro atoms. The van der Waals surface area contributed by atoms with Crippen LogP contribution in [0.25, 0.3) is 0 Å². The highest BCUT2D eigenvalue weighted by atomic mass is 32.1. The fourth-order valence-corrected chi connectivity index (χ4v) is 2.82. The van der Waals surface area contributed by atoms with E-state index in [2.05, 4.69) is 10.3 Å². The van der Waals surface area contributed by atoms with E-state index in [1.54, 1.807) is 13.1 Å². The Bertz CT molecular complexity index is 716. The summed E-state index contributed by atoms with van der Waals surface area (Å²) in [7, 11) is 0. The molecular formula is C14H14F3N3O2S. The van der Waals surface area contributed by atoms with Gasteiger partial charge in [-0.05, 0) is 25.5 Å². The summed E-state index contributed by atoms with van der Waals surface area (Å²) in [6.07, 6.45) is -2.08. The lowest BCUT2D eigenvalue weighted by molar-refractivity contribution is -0.384. The van der Waals surface area contributed by atoms with Crippen LogP contribution >= 0.6 is 11.3 Å². The van der Waals surface area contributed by atoms with E-state index in [1.165, 1.54) is 11.3 Å². The number of nitro benzene ring substituents is 1. The molecule has 1 aromatic heterocycles. The van der Waals surface area contributed by atoms with Gasteiger partial charge in [-0.25, -0.2) is 4.98 Å². The smallest absolute Gasteiger partial charge is 0.371 e. The van der Waals surface area contributed by atoms with E-state index in [-0.39, 0.29) is 11.7 Å². The number of nitrogens with one attached hydrogen (secondary N) is 1. The maximum atomic E-state index is 12.7. The van der Waals surface area contributed by atoms with Crippen molar-refractivity contribution >= 4 is 22.7 Å². The fraction of sp³-hybridized carbons (Fsp3) is 0.357. The van der Waals surface area contributed by atoms with Crippen LogP contribution in [0, 0.1) is 10.1 Å². The van der Waals surface area contributed by atoms with Crippen LogP contribution in [0.3, 0.4) is 0 Å². The number of alkyl halides is 3. The van der Waals surface area contributed by atoms with Crippen molar-refractivity contribution in [3.8, 4) is 0 Å². The molecule has 1 heterocycles. The van der Waals surface area contributed by atoms with E-state index < -0.39 is 22.4 Å². The standard InChI is InChI=1S/C14H14F3N3O2S/c1-3-10-7-18-13(23-10)8(2)19-11-5-4-9(14(15,16)17)6-12(11)20(21)22/h4-8,19H,3H2,1-2H3. The molecule has 0 aliphatic heterocycles. The van der Waals surface area contributed by atoms with Crippen LogP contribution in [-0.2, 0) is 12.6 Å². The molecule has 1 atom stereocenters. The van der Waals surface area contributed by atoms with Crippen molar-refractivity contribution in [1.29, 1.82) is 0 Å². The van der Waals surface area contributed by atoms with Gasteiger partial charge < -0.3 is 5.32 Å². The zero-order chi connectivity index (χ0) is 17.2. The van der Waals surface area contributed by atoms with Gasteiger partial charge in [0.25, 0.3) is 5.69 Å². The Kier molecular flexibility index (Phi) is 4.88. The van der Waals surface area contributed by atoms with Crippen molar-refractivity contribution in [3.63, 3.8) is 0 Å². The number of rotatable bonds is 5. The van der Waals surface area contributed by atoms with Gasteiger partial charge in [0.05, 0.1) is 16.5 Å². The molecular weight excluding hydrogens is 331 g/mol. The third-order valence-corrected chi connectivity index (χ3v) is 4.51. The highest BCUT2D eigenvalue weighted by molar-refractivity contribution is 7.11. The number of hydrogen-bond acceptors (Lipinski definition) is 5. The van der Waals surface area contributed by atoms with Gasteiger partial charge in [0.15, 0.2) is 0 Å². The summed E-state index contributed by atoms with van der Waals surface area (Å²) in [5.41, 5.74) is -1.63. The predicted molar refractivity (Wildman–Crippen MR) is 81.6 cm³/mol. The average molecular weight is 345 g/mol. The second-order valence-corrected chi connectivity index (χ2v) is 6.02. The number of aromatic nitrogens is 1. The van der Waals surface area contributed by atoms with Gasteiger partial charge in [-0.15, -0.1) is 11.3 Å². The zero-order valence-corrected chi connectivity index (χ0v) is 13.2. The predicted octanol–water partition coefficient (Wildman–Crippen LogP) is 4.81. The summed E-state index contributed by atoms with van der Waals surface area (Å²) < 4.78 is 38.0. The SMILES string of the molecule is CCc1cnc(C(C)Nc2ccc(C(F)(F)F)cc2[N+](=O)[O-])s1. The molecule has 9 heteroatoms. The van der Waals surface area contributed by atoms with Crippen LogP contribution in [-0.4, -0.2) is 9.91 Å². The summed E-state index contributed by atoms with van der Waals surface area (Å²) in [6.45, 7) is 3.73. The van der Waals surface area contributed by atoms with Gasteiger partial charge in [0.1, 0.15) is 10.7 Å². The minimum Gasteiger partial charge on any atom is -0.371 e. The van der Waals surface area contributed by atoms with Crippen molar-refractivity contribution in [2.75, 3.05) is 5.32 Å². The first-order valence-electron chi connectivity index (χ1n) is 6.79. The first-order valence-corrected chi connectivity index (χ1v) is 7.60. The lowest BCUT2D eigenvalue weighted by atomic mass is 10.1. The Morgan fingerprint density at radius 3 is 2.65 bits per heavy atom. The molecule has 0 aliphatic carbocycles. The van der Waals surface area contributed by atoms with Crippen molar-refractivity contribution < 1.29 is 18.1 Å². The van der Waals surface area contributed by atoms with Crippen molar-refractivity contribution in [1.82, 2.24) is 4.98 Å². The molecule has 1 N–H and O–H groups in total. The summed E-state index contributed by atoms with van der Waals surface area (Å²) >= 11 is 1.46. The van der Waals surface area contributed by atoms with Crippen LogP contribution in [0.4, 0.5) is 24.5 Å². The minimum absolute atomic E-state index is 0.0312. The topological polar surface area (TPSA) is 68.1 Å². The van der Waals surface area contributed by atoms with E-state index in [4.69, 9.17) is 0 Å². The van der Waals surface area contributed by atoms with Crippen molar-refractivity contribution in [2.24, 2.45) is 0 Å². The number of aryl methyl sites for hydroxylation is 1. The number of nitrogens with zero attached hydrogens (tertiary/aromatic N) is 2. The molecule has 5 nitrogen and oxygen atoms in total. The molecule has 0 saturated heterocycles. The Labute approximate surface area is 134 Å². The van der Waals surface area contributed by atoms with E-state index in [0.717, 1.165) is 28.4 Å². The third-order valence-electron chi connectivity index (χ3n) is 3.18. The molecule has 2 aromatic rings. The van der Waals surface area contributed by atoms with Crippen LogP contribution in [0.2, 0.25) is 0 Å². The van der Waals surface area contributed by atoms with Crippen molar-refractivity contribution in [2.45, 2.75) is 32.5 Å². The normalized spacial score (nSPS) is 12.9. The summed E-state index contributed by atoms with van der Waals surface area (Å²) in [5.74, 6) is 0. The molecule has 0 fully saturated rings. The third kappa shape index (κ3) is 3.98. The minimum atomic E-state index is -4.62. The zero-order valence-electron chi connectivity index (χ0n) is 12.3. The van der Waals surface area contributed by atoms with Gasteiger partial charge in [0.2, 0.25) is 0 Å². The summed E-state index contributed by atoms with van der Waals surface area (Å²) in [4.78, 5) is 15.5. The number of thiazole rings is 1. The summed E-state index contributed by atoms with van der Waals surface area (Å²) in [6, 6.07) is 2.08. The largest absolute Gasteiger partial charge is 0.416 e. The first kappa shape index (κ1) is 17.2. The molecule has 1 unspecified atom stereocenters. The molecule has 1 aromatic carbocycles. The number of benzene rings is 1. The molecule has 0 amide bonds. The second kappa shape index (κ2) is 6.53. The Balaban J connectivity index is 2.30. The molecule has 0 bridgehead atoms. The van der Waals surface area contributed by atoms with Gasteiger partial charge in [-0.3, -0.25) is 10.1 Å². The number of hydrogen-bond donors (Lipinski definition) is 1. The van der Waals surface area contributed by atoms with E-state index in [9.17, 15) is 23.3 Å². The second-order valence-electron chi connectivity index (χ2n) is 4.87. The Hall–Kier alpha value is -2.16. The monoisotopic (exact) mass is 345 g/mol. The van der Waals surface area contributed by atoms with Crippen molar-refractivity contribution in [3.05, 3.63) is 50.0 Å². The summed E-state index contributed by atoms with van der Waals surface area (Å²) in [5, 5.41) is 14.6. The molecule has 0 radical (unpaired) electrons. The highest BCUT2D eigenvalue weighted by Gasteiger charge is 2.33. The highest BCUT2D eigenvalue weighted by Crippen LogP contribution is 2.36. The van der Waals surface area contributed by atoms with E-state index >= 15 is 0 Å². The van der Waals surface area contributed by atoms with E-state index in [1.807, 2.05) is 6.92 Å². The molecule has 124 valence electrons. The molecule has 0 saturated carbocycles. The van der Waals surface area contributed by atoms with Gasteiger partial charge in [-0.1, -0.05) is 6.92 Å². The van der Waals surface area contributed by atoms with Crippen LogP contribution < -0.4 is 5.32 Å². The van der Waals surface area contributed by atoms with Crippen LogP contribution in [0.1, 0.15) is 35.3 Å². The Morgan fingerprint density at radius 2 is 2.13 bits per heavy atom. The maximum absolute atomic E-state index is 12.7. The van der Waals surface area contributed by atoms with Gasteiger partial charge >= 0.3 is 6.18 Å². The first-order chi connectivity index (χ1) is 10.7. The lowest BCUT2D eigenvalue weighted by Gasteiger charge is -2.14. The number of anilines is 1. The maximum Gasteiger partial charge on any atom is 0.416 e. The average Bonchev–Trinajstić information content (AvgIpc) is 2.95. The molecule has 23 heavy (non-hydrogen) atoms. The number of nitro groups is 1. The molecule has 2 rings (SSSR count). The molecule has 0 aliphatic rings.